The third-order valence-electron chi connectivity index (χ3n) is 3.80. The summed E-state index contributed by atoms with van der Waals surface area (Å²) in [6, 6.07) is 21.4. The van der Waals surface area contributed by atoms with Crippen LogP contribution in [0.5, 0.6) is 0 Å². The lowest BCUT2D eigenvalue weighted by atomic mass is 10.00. The van der Waals surface area contributed by atoms with Gasteiger partial charge in [0.05, 0.1) is 0 Å². The van der Waals surface area contributed by atoms with Crippen LogP contribution in [-0.4, -0.2) is 0 Å². The van der Waals surface area contributed by atoms with Crippen molar-refractivity contribution in [1.29, 1.82) is 0 Å². The van der Waals surface area contributed by atoms with Gasteiger partial charge in [-0.15, -0.1) is 12.4 Å². The molecule has 0 heterocycles. The average Bonchev–Trinajstić information content (AvgIpc) is 2.52. The first-order chi connectivity index (χ1) is 9.86. The maximum Gasteiger partial charge on any atom is 0.0294 e. The summed E-state index contributed by atoms with van der Waals surface area (Å²) in [5, 5.41) is 0. The van der Waals surface area contributed by atoms with Crippen LogP contribution in [-0.2, 0) is 6.42 Å². The van der Waals surface area contributed by atoms with E-state index in [4.69, 9.17) is 5.73 Å². The van der Waals surface area contributed by atoms with E-state index >= 15 is 0 Å². The topological polar surface area (TPSA) is 26.0 Å². The highest BCUT2D eigenvalue weighted by atomic mass is 35.5. The number of rotatable bonds is 8. The Morgan fingerprint density at radius 1 is 0.714 bits per heavy atom. The molecular weight excluding hydrogens is 278 g/mol. The minimum atomic E-state index is 0. The summed E-state index contributed by atoms with van der Waals surface area (Å²) < 4.78 is 0. The molecule has 0 aromatic heterocycles. The molecule has 0 spiro atoms. The van der Waals surface area contributed by atoms with E-state index in [2.05, 4.69) is 54.6 Å². The lowest BCUT2D eigenvalue weighted by Gasteiger charge is -2.11. The second-order valence-electron chi connectivity index (χ2n) is 5.46. The van der Waals surface area contributed by atoms with Gasteiger partial charge in [-0.3, -0.25) is 0 Å². The molecule has 0 saturated heterocycles. The monoisotopic (exact) mass is 303 g/mol. The number of hydrogen-bond acceptors (Lipinski definition) is 1. The molecule has 0 radical (unpaired) electrons. The summed E-state index contributed by atoms with van der Waals surface area (Å²) in [5.74, 6) is 0. The second-order valence-corrected chi connectivity index (χ2v) is 5.46. The highest BCUT2D eigenvalue weighted by Gasteiger charge is 2.04. The second kappa shape index (κ2) is 10.4. The predicted octanol–water partition coefficient (Wildman–Crippen LogP) is 5.30. The van der Waals surface area contributed by atoms with Crippen LogP contribution in [0.1, 0.15) is 49.3 Å². The van der Waals surface area contributed by atoms with Crippen LogP contribution in [0.15, 0.2) is 60.7 Å². The van der Waals surface area contributed by atoms with Gasteiger partial charge in [0.1, 0.15) is 0 Å². The Hall–Kier alpha value is -1.31. The lowest BCUT2D eigenvalue weighted by molar-refractivity contribution is 0.558. The highest BCUT2D eigenvalue weighted by molar-refractivity contribution is 5.85. The Morgan fingerprint density at radius 3 is 1.95 bits per heavy atom. The predicted molar refractivity (Wildman–Crippen MR) is 93.8 cm³/mol. The summed E-state index contributed by atoms with van der Waals surface area (Å²) in [6.45, 7) is 0. The molecule has 2 rings (SSSR count). The Bertz CT molecular complexity index is 469. The van der Waals surface area contributed by atoms with Gasteiger partial charge in [0.15, 0.2) is 0 Å². The Kier molecular flexibility index (Phi) is 8.80. The summed E-state index contributed by atoms with van der Waals surface area (Å²) in [6.07, 6.45) is 7.39. The zero-order valence-corrected chi connectivity index (χ0v) is 13.4. The fraction of sp³-hybridized carbons (Fsp3) is 0.368. The first-order valence-corrected chi connectivity index (χ1v) is 7.71. The van der Waals surface area contributed by atoms with Gasteiger partial charge in [-0.05, 0) is 30.4 Å². The Morgan fingerprint density at radius 2 is 1.29 bits per heavy atom. The minimum absolute atomic E-state index is 0. The number of unbranched alkanes of at least 4 members (excludes halogenated alkanes) is 3. The first kappa shape index (κ1) is 17.7. The zero-order valence-electron chi connectivity index (χ0n) is 12.6. The van der Waals surface area contributed by atoms with Crippen molar-refractivity contribution < 1.29 is 0 Å². The highest BCUT2D eigenvalue weighted by Crippen LogP contribution is 2.17. The lowest BCUT2D eigenvalue weighted by Crippen LogP contribution is -2.09. The van der Waals surface area contributed by atoms with E-state index in [9.17, 15) is 0 Å². The summed E-state index contributed by atoms with van der Waals surface area (Å²) >= 11 is 0. The van der Waals surface area contributed by atoms with E-state index in [1.54, 1.807) is 0 Å². The quantitative estimate of drug-likeness (QED) is 0.658. The molecule has 0 fully saturated rings. The van der Waals surface area contributed by atoms with Gasteiger partial charge in [-0.2, -0.15) is 0 Å². The molecule has 0 amide bonds. The van der Waals surface area contributed by atoms with E-state index in [0.717, 1.165) is 6.42 Å². The average molecular weight is 304 g/mol. The molecule has 2 aromatic rings. The van der Waals surface area contributed by atoms with Crippen molar-refractivity contribution in [2.75, 3.05) is 0 Å². The molecule has 0 saturated carbocycles. The molecule has 0 aliphatic heterocycles. The fourth-order valence-corrected chi connectivity index (χ4v) is 2.56. The van der Waals surface area contributed by atoms with Crippen LogP contribution >= 0.6 is 12.4 Å². The summed E-state index contributed by atoms with van der Waals surface area (Å²) in [5.41, 5.74) is 8.91. The van der Waals surface area contributed by atoms with Crippen LogP contribution in [0.2, 0.25) is 0 Å². The van der Waals surface area contributed by atoms with Crippen LogP contribution in [0.4, 0.5) is 0 Å². The van der Waals surface area contributed by atoms with E-state index in [0.29, 0.717) is 0 Å². The van der Waals surface area contributed by atoms with Crippen molar-refractivity contribution in [3.8, 4) is 0 Å². The smallest absolute Gasteiger partial charge is 0.0294 e. The molecule has 21 heavy (non-hydrogen) atoms. The van der Waals surface area contributed by atoms with Crippen LogP contribution in [0.25, 0.3) is 0 Å². The van der Waals surface area contributed by atoms with Crippen molar-refractivity contribution in [3.63, 3.8) is 0 Å². The molecule has 2 heteroatoms. The van der Waals surface area contributed by atoms with Gasteiger partial charge >= 0.3 is 0 Å². The van der Waals surface area contributed by atoms with Gasteiger partial charge < -0.3 is 5.73 Å². The van der Waals surface area contributed by atoms with Crippen molar-refractivity contribution >= 4 is 12.4 Å². The first-order valence-electron chi connectivity index (χ1n) is 7.71. The van der Waals surface area contributed by atoms with Crippen molar-refractivity contribution in [2.45, 2.75) is 44.6 Å². The van der Waals surface area contributed by atoms with Crippen molar-refractivity contribution in [3.05, 3.63) is 71.8 Å². The standard InChI is InChI=1S/C19H25N.ClH/c20-19(18-14-8-4-9-15-18)16-10-2-1-5-11-17-12-6-3-7-13-17;/h3-4,6-9,12-15,19H,1-2,5,10-11,16,20H2;1H. The minimum Gasteiger partial charge on any atom is -0.324 e. The van der Waals surface area contributed by atoms with Gasteiger partial charge in [-0.25, -0.2) is 0 Å². The van der Waals surface area contributed by atoms with Crippen LogP contribution in [0.3, 0.4) is 0 Å². The number of halogens is 1. The molecule has 0 aliphatic rings. The maximum absolute atomic E-state index is 6.20. The van der Waals surface area contributed by atoms with Crippen LogP contribution < -0.4 is 5.73 Å². The zero-order chi connectivity index (χ0) is 14.0. The third kappa shape index (κ3) is 6.79. The molecule has 1 nitrogen and oxygen atoms in total. The van der Waals surface area contributed by atoms with Gasteiger partial charge in [0.25, 0.3) is 0 Å². The summed E-state index contributed by atoms with van der Waals surface area (Å²) in [4.78, 5) is 0. The van der Waals surface area contributed by atoms with Crippen molar-refractivity contribution in [1.82, 2.24) is 0 Å². The molecule has 2 N–H and O–H groups in total. The van der Waals surface area contributed by atoms with Crippen molar-refractivity contribution in [2.24, 2.45) is 5.73 Å². The molecule has 0 aliphatic carbocycles. The van der Waals surface area contributed by atoms with E-state index in [-0.39, 0.29) is 18.4 Å². The third-order valence-corrected chi connectivity index (χ3v) is 3.80. The Balaban J connectivity index is 0.00000220. The number of hydrogen-bond donors (Lipinski definition) is 1. The molecule has 1 unspecified atom stereocenters. The van der Waals surface area contributed by atoms with Crippen LogP contribution in [0, 0.1) is 0 Å². The van der Waals surface area contributed by atoms with E-state index in [1.165, 1.54) is 43.2 Å². The number of nitrogens with two attached hydrogens (primary N) is 1. The number of benzene rings is 2. The molecule has 2 aromatic carbocycles. The van der Waals surface area contributed by atoms with Gasteiger partial charge in [0.2, 0.25) is 0 Å². The number of aryl methyl sites for hydroxylation is 1. The molecule has 1 atom stereocenters. The molecular formula is C19H26ClN. The largest absolute Gasteiger partial charge is 0.324 e. The van der Waals surface area contributed by atoms with E-state index < -0.39 is 0 Å². The summed E-state index contributed by atoms with van der Waals surface area (Å²) in [7, 11) is 0. The molecule has 0 bridgehead atoms. The fourth-order valence-electron chi connectivity index (χ4n) is 2.56. The van der Waals surface area contributed by atoms with Gasteiger partial charge in [0, 0.05) is 6.04 Å². The SMILES string of the molecule is Cl.NC(CCCCCCc1ccccc1)c1ccccc1. The van der Waals surface area contributed by atoms with Gasteiger partial charge in [-0.1, -0.05) is 79.9 Å². The maximum atomic E-state index is 6.20. The molecule has 114 valence electrons. The normalized spacial score (nSPS) is 11.7. The Labute approximate surface area is 135 Å². The van der Waals surface area contributed by atoms with E-state index in [1.807, 2.05) is 6.07 Å².